The molecular weight excluding hydrogens is 261 g/mol. The number of nitrogens with zero attached hydrogens (tertiary/aromatic N) is 1. The Morgan fingerprint density at radius 1 is 1.30 bits per heavy atom. The van der Waals surface area contributed by atoms with Crippen LogP contribution in [0.3, 0.4) is 0 Å². The van der Waals surface area contributed by atoms with Gasteiger partial charge in [-0.25, -0.2) is 4.39 Å². The number of ether oxygens (including phenoxy) is 2. The molecule has 0 unspecified atom stereocenters. The zero-order valence-corrected chi connectivity index (χ0v) is 12.3. The molecule has 0 amide bonds. The molecule has 0 aliphatic carbocycles. The Kier molecular flexibility index (Phi) is 7.18. The van der Waals surface area contributed by atoms with Gasteiger partial charge in [0.2, 0.25) is 0 Å². The third-order valence-electron chi connectivity index (χ3n) is 3.08. The van der Waals surface area contributed by atoms with Crippen LogP contribution >= 0.6 is 0 Å². The van der Waals surface area contributed by atoms with E-state index in [-0.39, 0.29) is 23.5 Å². The van der Waals surface area contributed by atoms with Crippen molar-refractivity contribution in [2.75, 3.05) is 41.0 Å². The van der Waals surface area contributed by atoms with Gasteiger partial charge in [0.25, 0.3) is 0 Å². The smallest absolute Gasteiger partial charge is 0.170 e. The maximum atomic E-state index is 13.7. The highest BCUT2D eigenvalue weighted by Crippen LogP contribution is 2.22. The van der Waals surface area contributed by atoms with Crippen molar-refractivity contribution in [3.05, 3.63) is 29.6 Å². The molecule has 5 heteroatoms. The van der Waals surface area contributed by atoms with Gasteiger partial charge < -0.3 is 14.4 Å². The second-order valence-electron chi connectivity index (χ2n) is 4.64. The van der Waals surface area contributed by atoms with E-state index in [4.69, 9.17) is 9.47 Å². The van der Waals surface area contributed by atoms with Gasteiger partial charge in [-0.05, 0) is 25.6 Å². The SMILES string of the molecule is COCCCN(C)CCC(=O)c1c(F)cccc1OC. The van der Waals surface area contributed by atoms with Crippen molar-refractivity contribution in [2.24, 2.45) is 0 Å². The van der Waals surface area contributed by atoms with Crippen LogP contribution in [0.1, 0.15) is 23.2 Å². The van der Waals surface area contributed by atoms with Gasteiger partial charge in [0, 0.05) is 33.2 Å². The fourth-order valence-corrected chi connectivity index (χ4v) is 1.95. The van der Waals surface area contributed by atoms with Gasteiger partial charge in [-0.1, -0.05) is 6.07 Å². The number of ketones is 1. The quantitative estimate of drug-likeness (QED) is 0.515. The molecule has 0 N–H and O–H groups in total. The largest absolute Gasteiger partial charge is 0.496 e. The number of methoxy groups -OCH3 is 2. The molecule has 112 valence electrons. The van der Waals surface area contributed by atoms with Crippen LogP contribution in [-0.2, 0) is 4.74 Å². The topological polar surface area (TPSA) is 38.8 Å². The van der Waals surface area contributed by atoms with Crippen molar-refractivity contribution < 1.29 is 18.7 Å². The summed E-state index contributed by atoms with van der Waals surface area (Å²) in [5.74, 6) is -0.480. The number of benzene rings is 1. The fraction of sp³-hybridized carbons (Fsp3) is 0.533. The lowest BCUT2D eigenvalue weighted by Crippen LogP contribution is -2.24. The van der Waals surface area contributed by atoms with E-state index < -0.39 is 5.82 Å². The first-order valence-electron chi connectivity index (χ1n) is 6.63. The third-order valence-corrected chi connectivity index (χ3v) is 3.08. The van der Waals surface area contributed by atoms with E-state index in [9.17, 15) is 9.18 Å². The average Bonchev–Trinajstić information content (AvgIpc) is 2.44. The van der Waals surface area contributed by atoms with Crippen LogP contribution < -0.4 is 4.74 Å². The number of carbonyl (C=O) groups excluding carboxylic acids is 1. The summed E-state index contributed by atoms with van der Waals surface area (Å²) < 4.78 is 23.7. The number of Topliss-reactive ketones (excluding diaryl/α,β-unsaturated/α-hetero) is 1. The van der Waals surface area contributed by atoms with Crippen LogP contribution in [-0.4, -0.2) is 51.6 Å². The van der Waals surface area contributed by atoms with Gasteiger partial charge in [0.05, 0.1) is 12.7 Å². The first kappa shape index (κ1) is 16.6. The minimum absolute atomic E-state index is 0.0419. The molecule has 0 aliphatic rings. The number of carbonyl (C=O) groups is 1. The lowest BCUT2D eigenvalue weighted by atomic mass is 10.1. The van der Waals surface area contributed by atoms with E-state index in [1.807, 2.05) is 11.9 Å². The van der Waals surface area contributed by atoms with Crippen LogP contribution in [0.15, 0.2) is 18.2 Å². The predicted molar refractivity (Wildman–Crippen MR) is 75.9 cm³/mol. The lowest BCUT2D eigenvalue weighted by Gasteiger charge is -2.16. The van der Waals surface area contributed by atoms with Crippen molar-refractivity contribution >= 4 is 5.78 Å². The van der Waals surface area contributed by atoms with Gasteiger partial charge in [0.15, 0.2) is 5.78 Å². The first-order chi connectivity index (χ1) is 9.60. The van der Waals surface area contributed by atoms with Crippen molar-refractivity contribution in [3.8, 4) is 5.75 Å². The molecule has 0 aliphatic heterocycles. The normalized spacial score (nSPS) is 10.8. The highest BCUT2D eigenvalue weighted by atomic mass is 19.1. The Morgan fingerprint density at radius 2 is 2.05 bits per heavy atom. The molecule has 0 radical (unpaired) electrons. The molecule has 1 aromatic carbocycles. The van der Waals surface area contributed by atoms with Crippen LogP contribution in [0.4, 0.5) is 4.39 Å². The van der Waals surface area contributed by atoms with Gasteiger partial charge >= 0.3 is 0 Å². The second-order valence-corrected chi connectivity index (χ2v) is 4.64. The maximum Gasteiger partial charge on any atom is 0.170 e. The van der Waals surface area contributed by atoms with Crippen molar-refractivity contribution in [2.45, 2.75) is 12.8 Å². The standard InChI is InChI=1S/C15H22FNO3/c1-17(9-5-11-19-2)10-8-13(18)15-12(16)6-4-7-14(15)20-3/h4,6-7H,5,8-11H2,1-3H3. The molecule has 0 heterocycles. The van der Waals surface area contributed by atoms with Crippen LogP contribution in [0.5, 0.6) is 5.75 Å². The molecule has 1 rings (SSSR count). The van der Waals surface area contributed by atoms with E-state index in [0.717, 1.165) is 13.0 Å². The van der Waals surface area contributed by atoms with Gasteiger partial charge in [0.1, 0.15) is 11.6 Å². The molecule has 0 saturated carbocycles. The highest BCUT2D eigenvalue weighted by Gasteiger charge is 2.17. The highest BCUT2D eigenvalue weighted by molar-refractivity contribution is 5.99. The molecule has 0 saturated heterocycles. The maximum absolute atomic E-state index is 13.7. The minimum atomic E-state index is -0.531. The molecule has 0 aromatic heterocycles. The summed E-state index contributed by atoms with van der Waals surface area (Å²) in [5.41, 5.74) is 0.0419. The van der Waals surface area contributed by atoms with E-state index in [1.54, 1.807) is 13.2 Å². The number of halogens is 1. The van der Waals surface area contributed by atoms with Gasteiger partial charge in [-0.15, -0.1) is 0 Å². The van der Waals surface area contributed by atoms with Crippen LogP contribution in [0.2, 0.25) is 0 Å². The van der Waals surface area contributed by atoms with E-state index in [1.165, 1.54) is 19.2 Å². The molecule has 4 nitrogen and oxygen atoms in total. The van der Waals surface area contributed by atoms with Crippen molar-refractivity contribution in [1.82, 2.24) is 4.90 Å². The third kappa shape index (κ3) is 4.90. The van der Waals surface area contributed by atoms with Crippen LogP contribution in [0.25, 0.3) is 0 Å². The Morgan fingerprint density at radius 3 is 2.70 bits per heavy atom. The summed E-state index contributed by atoms with van der Waals surface area (Å²) in [6.45, 7) is 2.12. The lowest BCUT2D eigenvalue weighted by molar-refractivity contribution is 0.0959. The van der Waals surface area contributed by atoms with Crippen molar-refractivity contribution in [1.29, 1.82) is 0 Å². The second kappa shape index (κ2) is 8.66. The van der Waals surface area contributed by atoms with E-state index in [2.05, 4.69) is 0 Å². The van der Waals surface area contributed by atoms with Crippen LogP contribution in [0, 0.1) is 5.82 Å². The molecule has 0 fully saturated rings. The average molecular weight is 283 g/mol. The molecule has 0 bridgehead atoms. The van der Waals surface area contributed by atoms with Gasteiger partial charge in [-0.3, -0.25) is 4.79 Å². The fourth-order valence-electron chi connectivity index (χ4n) is 1.95. The Balaban J connectivity index is 2.55. The van der Waals surface area contributed by atoms with E-state index >= 15 is 0 Å². The summed E-state index contributed by atoms with van der Waals surface area (Å²) in [6, 6.07) is 4.40. The zero-order chi connectivity index (χ0) is 15.0. The summed E-state index contributed by atoms with van der Waals surface area (Å²) in [7, 11) is 5.03. The summed E-state index contributed by atoms with van der Waals surface area (Å²) in [6.07, 6.45) is 1.17. The number of hydrogen-bond acceptors (Lipinski definition) is 4. The summed E-state index contributed by atoms with van der Waals surface area (Å²) >= 11 is 0. The molecule has 20 heavy (non-hydrogen) atoms. The zero-order valence-electron chi connectivity index (χ0n) is 12.3. The molecule has 1 aromatic rings. The Hall–Kier alpha value is -1.46. The van der Waals surface area contributed by atoms with E-state index in [0.29, 0.717) is 13.2 Å². The summed E-state index contributed by atoms with van der Waals surface area (Å²) in [4.78, 5) is 14.1. The molecule has 0 atom stereocenters. The molecular formula is C15H22FNO3. The summed E-state index contributed by atoms with van der Waals surface area (Å²) in [5, 5.41) is 0. The number of hydrogen-bond donors (Lipinski definition) is 0. The Labute approximate surface area is 119 Å². The van der Waals surface area contributed by atoms with Crippen molar-refractivity contribution in [3.63, 3.8) is 0 Å². The predicted octanol–water partition coefficient (Wildman–Crippen LogP) is 2.38. The molecule has 0 spiro atoms. The monoisotopic (exact) mass is 283 g/mol. The Bertz CT molecular complexity index is 437. The van der Waals surface area contributed by atoms with Gasteiger partial charge in [-0.2, -0.15) is 0 Å². The number of rotatable bonds is 9. The first-order valence-corrected chi connectivity index (χ1v) is 6.63. The minimum Gasteiger partial charge on any atom is -0.496 e.